The van der Waals surface area contributed by atoms with Gasteiger partial charge in [0.1, 0.15) is 5.82 Å². The van der Waals surface area contributed by atoms with E-state index in [9.17, 15) is 4.39 Å². The first kappa shape index (κ1) is 8.70. The van der Waals surface area contributed by atoms with Crippen LogP contribution in [-0.4, -0.2) is 0 Å². The fourth-order valence-corrected chi connectivity index (χ4v) is 1.69. The molecule has 1 aliphatic rings. The van der Waals surface area contributed by atoms with Gasteiger partial charge in [-0.3, -0.25) is 0 Å². The average molecular weight is 179 g/mol. The third kappa shape index (κ3) is 1.59. The number of halogens is 1. The highest BCUT2D eigenvalue weighted by Crippen LogP contribution is 2.40. The third-order valence-electron chi connectivity index (χ3n) is 2.80. The number of rotatable bonds is 2. The minimum atomic E-state index is -0.145. The van der Waals surface area contributed by atoms with Crippen molar-refractivity contribution >= 4 is 0 Å². The van der Waals surface area contributed by atoms with Crippen molar-refractivity contribution in [2.75, 3.05) is 0 Å². The summed E-state index contributed by atoms with van der Waals surface area (Å²) < 4.78 is 13.2. The highest BCUT2D eigenvalue weighted by atomic mass is 19.1. The zero-order valence-electron chi connectivity index (χ0n) is 7.76. The van der Waals surface area contributed by atoms with E-state index in [1.54, 1.807) is 13.0 Å². The summed E-state index contributed by atoms with van der Waals surface area (Å²) >= 11 is 0. The van der Waals surface area contributed by atoms with E-state index in [2.05, 4.69) is 0 Å². The molecule has 0 aliphatic heterocycles. The minimum absolute atomic E-state index is 0.0377. The molecule has 0 aromatic heterocycles. The van der Waals surface area contributed by atoms with Gasteiger partial charge in [-0.15, -0.1) is 0 Å². The zero-order chi connectivity index (χ0) is 9.42. The van der Waals surface area contributed by atoms with Crippen molar-refractivity contribution in [1.29, 1.82) is 0 Å². The molecular formula is C11H14FN. The maximum absolute atomic E-state index is 13.2. The van der Waals surface area contributed by atoms with Crippen LogP contribution < -0.4 is 5.73 Å². The van der Waals surface area contributed by atoms with Gasteiger partial charge in [0.05, 0.1) is 0 Å². The van der Waals surface area contributed by atoms with Crippen LogP contribution in [0.1, 0.15) is 30.0 Å². The van der Waals surface area contributed by atoms with E-state index in [4.69, 9.17) is 5.73 Å². The lowest BCUT2D eigenvalue weighted by Crippen LogP contribution is -2.14. The van der Waals surface area contributed by atoms with Gasteiger partial charge in [0.15, 0.2) is 0 Å². The molecule has 1 atom stereocenters. The largest absolute Gasteiger partial charge is 0.324 e. The Morgan fingerprint density at radius 2 is 2.15 bits per heavy atom. The maximum Gasteiger partial charge on any atom is 0.126 e. The molecule has 0 bridgehead atoms. The van der Waals surface area contributed by atoms with Gasteiger partial charge in [-0.2, -0.15) is 0 Å². The molecule has 2 heteroatoms. The lowest BCUT2D eigenvalue weighted by molar-refractivity contribution is 0.590. The molecule has 2 rings (SSSR count). The Morgan fingerprint density at radius 1 is 1.46 bits per heavy atom. The summed E-state index contributed by atoms with van der Waals surface area (Å²) in [5.74, 6) is 0.439. The van der Waals surface area contributed by atoms with E-state index >= 15 is 0 Å². The molecule has 1 aromatic rings. The van der Waals surface area contributed by atoms with Gasteiger partial charge in [0, 0.05) is 6.04 Å². The standard InChI is InChI=1S/C11H14FN/c1-7-9(3-2-4-10(7)12)11(13)8-5-6-8/h2-4,8,11H,5-6,13H2,1H3. The van der Waals surface area contributed by atoms with Crippen LogP contribution in [0.3, 0.4) is 0 Å². The van der Waals surface area contributed by atoms with Crippen LogP contribution in [0.25, 0.3) is 0 Å². The zero-order valence-corrected chi connectivity index (χ0v) is 7.76. The van der Waals surface area contributed by atoms with Crippen LogP contribution in [0.15, 0.2) is 18.2 Å². The normalized spacial score (nSPS) is 18.7. The Morgan fingerprint density at radius 3 is 2.77 bits per heavy atom. The van der Waals surface area contributed by atoms with Crippen molar-refractivity contribution in [3.63, 3.8) is 0 Å². The first-order chi connectivity index (χ1) is 6.20. The molecule has 13 heavy (non-hydrogen) atoms. The quantitative estimate of drug-likeness (QED) is 0.741. The van der Waals surface area contributed by atoms with E-state index in [0.717, 1.165) is 5.56 Å². The second-order valence-corrected chi connectivity index (χ2v) is 3.82. The van der Waals surface area contributed by atoms with Crippen LogP contribution >= 0.6 is 0 Å². The second-order valence-electron chi connectivity index (χ2n) is 3.82. The SMILES string of the molecule is Cc1c(F)cccc1C(N)C1CC1. The average Bonchev–Trinajstić information content (AvgIpc) is 2.91. The van der Waals surface area contributed by atoms with Crippen molar-refractivity contribution in [2.45, 2.75) is 25.8 Å². The highest BCUT2D eigenvalue weighted by molar-refractivity contribution is 5.31. The summed E-state index contributed by atoms with van der Waals surface area (Å²) in [6, 6.07) is 5.19. The molecular weight excluding hydrogens is 165 g/mol. The second kappa shape index (κ2) is 3.11. The van der Waals surface area contributed by atoms with Gasteiger partial charge < -0.3 is 5.73 Å². The molecule has 0 saturated heterocycles. The predicted molar refractivity (Wildman–Crippen MR) is 50.8 cm³/mol. The third-order valence-corrected chi connectivity index (χ3v) is 2.80. The molecule has 2 N–H and O–H groups in total. The monoisotopic (exact) mass is 179 g/mol. The first-order valence-electron chi connectivity index (χ1n) is 4.70. The van der Waals surface area contributed by atoms with Crippen LogP contribution in [-0.2, 0) is 0 Å². The van der Waals surface area contributed by atoms with Crippen molar-refractivity contribution in [3.05, 3.63) is 35.1 Å². The molecule has 1 nitrogen and oxygen atoms in total. The number of hydrogen-bond acceptors (Lipinski definition) is 1. The Labute approximate surface area is 77.8 Å². The van der Waals surface area contributed by atoms with Gasteiger partial charge in [-0.1, -0.05) is 12.1 Å². The topological polar surface area (TPSA) is 26.0 Å². The molecule has 70 valence electrons. The summed E-state index contributed by atoms with van der Waals surface area (Å²) in [4.78, 5) is 0. The number of benzene rings is 1. The highest BCUT2D eigenvalue weighted by Gasteiger charge is 2.30. The molecule has 1 aromatic carbocycles. The smallest absolute Gasteiger partial charge is 0.126 e. The maximum atomic E-state index is 13.2. The molecule has 0 spiro atoms. The summed E-state index contributed by atoms with van der Waals surface area (Å²) in [5.41, 5.74) is 7.69. The summed E-state index contributed by atoms with van der Waals surface area (Å²) in [6.45, 7) is 1.80. The predicted octanol–water partition coefficient (Wildman–Crippen LogP) is 2.54. The molecule has 0 heterocycles. The van der Waals surface area contributed by atoms with Crippen molar-refractivity contribution in [1.82, 2.24) is 0 Å². The van der Waals surface area contributed by atoms with E-state index < -0.39 is 0 Å². The lowest BCUT2D eigenvalue weighted by Gasteiger charge is -2.13. The van der Waals surface area contributed by atoms with Crippen molar-refractivity contribution in [2.24, 2.45) is 11.7 Å². The van der Waals surface area contributed by atoms with Crippen molar-refractivity contribution < 1.29 is 4.39 Å². The fraction of sp³-hybridized carbons (Fsp3) is 0.455. The van der Waals surface area contributed by atoms with Gasteiger partial charge in [0.2, 0.25) is 0 Å². The molecule has 1 aliphatic carbocycles. The van der Waals surface area contributed by atoms with Crippen LogP contribution in [0, 0.1) is 18.7 Å². The Balaban J connectivity index is 2.32. The summed E-state index contributed by atoms with van der Waals surface area (Å²) in [5, 5.41) is 0. The van der Waals surface area contributed by atoms with E-state index in [1.807, 2.05) is 6.07 Å². The van der Waals surface area contributed by atoms with Crippen LogP contribution in [0.2, 0.25) is 0 Å². The molecule has 0 radical (unpaired) electrons. The number of nitrogens with two attached hydrogens (primary N) is 1. The summed E-state index contributed by atoms with van der Waals surface area (Å²) in [7, 11) is 0. The van der Waals surface area contributed by atoms with Crippen molar-refractivity contribution in [3.8, 4) is 0 Å². The summed E-state index contributed by atoms with van der Waals surface area (Å²) in [6.07, 6.45) is 2.38. The van der Waals surface area contributed by atoms with Crippen LogP contribution in [0.4, 0.5) is 4.39 Å². The van der Waals surface area contributed by atoms with Gasteiger partial charge in [0.25, 0.3) is 0 Å². The molecule has 1 fully saturated rings. The fourth-order valence-electron chi connectivity index (χ4n) is 1.69. The number of hydrogen-bond donors (Lipinski definition) is 1. The van der Waals surface area contributed by atoms with Gasteiger partial charge >= 0.3 is 0 Å². The molecule has 1 unspecified atom stereocenters. The molecule has 0 amide bonds. The van der Waals surface area contributed by atoms with E-state index in [0.29, 0.717) is 11.5 Å². The van der Waals surface area contributed by atoms with Crippen LogP contribution in [0.5, 0.6) is 0 Å². The van der Waals surface area contributed by atoms with Gasteiger partial charge in [-0.25, -0.2) is 4.39 Å². The first-order valence-corrected chi connectivity index (χ1v) is 4.70. The Kier molecular flexibility index (Phi) is 2.08. The Hall–Kier alpha value is -0.890. The van der Waals surface area contributed by atoms with E-state index in [1.165, 1.54) is 18.9 Å². The van der Waals surface area contributed by atoms with Gasteiger partial charge in [-0.05, 0) is 42.9 Å². The van der Waals surface area contributed by atoms with E-state index in [-0.39, 0.29) is 11.9 Å². The lowest BCUT2D eigenvalue weighted by atomic mass is 9.98. The molecule has 1 saturated carbocycles. The minimum Gasteiger partial charge on any atom is -0.324 e. The Bertz CT molecular complexity index is 318.